The average Bonchev–Trinajstić information content (AvgIpc) is 2.45. The van der Waals surface area contributed by atoms with Crippen LogP contribution in [0.25, 0.3) is 0 Å². The second-order valence-corrected chi connectivity index (χ2v) is 4.13. The lowest BCUT2D eigenvalue weighted by molar-refractivity contribution is -0.143. The van der Waals surface area contributed by atoms with Gasteiger partial charge in [-0.15, -0.1) is 0 Å². The molecule has 0 saturated heterocycles. The predicted molar refractivity (Wildman–Crippen MR) is 60.9 cm³/mol. The van der Waals surface area contributed by atoms with Gasteiger partial charge < -0.3 is 4.74 Å². The number of hydrogen-bond donors (Lipinski definition) is 0. The molecule has 0 bridgehead atoms. The van der Waals surface area contributed by atoms with Gasteiger partial charge in [-0.1, -0.05) is 12.1 Å². The van der Waals surface area contributed by atoms with Crippen LogP contribution >= 0.6 is 0 Å². The minimum absolute atomic E-state index is 0.0956. The topological polar surface area (TPSA) is 9.23 Å². The van der Waals surface area contributed by atoms with Crippen LogP contribution in [-0.2, 0) is 12.8 Å². The molecule has 2 rings (SSSR count). The average molecular weight is 323 g/mol. The monoisotopic (exact) mass is 323 g/mol. The van der Waals surface area contributed by atoms with E-state index in [9.17, 15) is 30.7 Å². The number of hydrogen-bond acceptors (Lipinski definition) is 1. The Morgan fingerprint density at radius 3 is 1.82 bits per heavy atom. The molecule has 0 aliphatic carbocycles. The molecular formula is C14H6F7O. The van der Waals surface area contributed by atoms with Crippen LogP contribution in [0.2, 0.25) is 0 Å². The first-order chi connectivity index (χ1) is 10.2. The summed E-state index contributed by atoms with van der Waals surface area (Å²) in [5.41, 5.74) is -3.88. The molecule has 1 nitrogen and oxygen atoms in total. The SMILES string of the molecule is Fc1c(F)c(C(F)(F)F)c(F)c(F)c1COc1cc[c]cc1. The maximum Gasteiger partial charge on any atom is 0.422 e. The number of alkyl halides is 3. The molecule has 1 radical (unpaired) electrons. The van der Waals surface area contributed by atoms with Gasteiger partial charge in [0.15, 0.2) is 23.3 Å². The summed E-state index contributed by atoms with van der Waals surface area (Å²) in [5.74, 6) is -9.21. The van der Waals surface area contributed by atoms with Gasteiger partial charge in [0.2, 0.25) is 0 Å². The number of ether oxygens (including phenoxy) is 1. The zero-order valence-corrected chi connectivity index (χ0v) is 10.6. The Morgan fingerprint density at radius 1 is 0.864 bits per heavy atom. The molecule has 117 valence electrons. The highest BCUT2D eigenvalue weighted by Gasteiger charge is 2.42. The van der Waals surface area contributed by atoms with E-state index in [1.165, 1.54) is 24.3 Å². The summed E-state index contributed by atoms with van der Waals surface area (Å²) in [5, 5.41) is 0. The fourth-order valence-electron chi connectivity index (χ4n) is 1.68. The summed E-state index contributed by atoms with van der Waals surface area (Å²) in [7, 11) is 0. The quantitative estimate of drug-likeness (QED) is 0.590. The van der Waals surface area contributed by atoms with Crippen molar-refractivity contribution in [3.05, 3.63) is 64.7 Å². The molecule has 0 fully saturated rings. The van der Waals surface area contributed by atoms with E-state index in [2.05, 4.69) is 6.07 Å². The Labute approximate surface area is 119 Å². The normalized spacial score (nSPS) is 11.6. The number of rotatable bonds is 3. The Kier molecular flexibility index (Phi) is 4.30. The van der Waals surface area contributed by atoms with E-state index in [-0.39, 0.29) is 5.75 Å². The van der Waals surface area contributed by atoms with Crippen molar-refractivity contribution in [2.45, 2.75) is 12.8 Å². The molecule has 0 spiro atoms. The van der Waals surface area contributed by atoms with Gasteiger partial charge in [0.05, 0.1) is 5.56 Å². The molecule has 0 aliphatic heterocycles. The van der Waals surface area contributed by atoms with Gasteiger partial charge in [-0.2, -0.15) is 13.2 Å². The van der Waals surface area contributed by atoms with Gasteiger partial charge >= 0.3 is 6.18 Å². The smallest absolute Gasteiger partial charge is 0.422 e. The molecule has 0 heterocycles. The van der Waals surface area contributed by atoms with Crippen molar-refractivity contribution >= 4 is 0 Å². The summed E-state index contributed by atoms with van der Waals surface area (Å²) in [6.07, 6.45) is -5.56. The van der Waals surface area contributed by atoms with E-state index < -0.39 is 47.2 Å². The van der Waals surface area contributed by atoms with Crippen molar-refractivity contribution in [2.75, 3.05) is 0 Å². The zero-order chi connectivity index (χ0) is 16.5. The molecule has 0 unspecified atom stereocenters. The molecule has 0 aliphatic rings. The standard InChI is InChI=1S/C14H6F7O/c15-10-8(6-22-7-4-2-1-3-5-7)11(16)13(18)9(12(10)17)14(19,20)21/h2-5H,6H2. The summed E-state index contributed by atoms with van der Waals surface area (Å²) in [6, 6.07) is 8.10. The highest BCUT2D eigenvalue weighted by atomic mass is 19.4. The molecule has 2 aromatic rings. The van der Waals surface area contributed by atoms with Gasteiger partial charge in [0.1, 0.15) is 17.9 Å². The number of halogens is 7. The molecule has 0 aromatic heterocycles. The van der Waals surface area contributed by atoms with Crippen molar-refractivity contribution in [2.24, 2.45) is 0 Å². The van der Waals surface area contributed by atoms with Crippen molar-refractivity contribution in [1.82, 2.24) is 0 Å². The van der Waals surface area contributed by atoms with Gasteiger partial charge in [0, 0.05) is 0 Å². The van der Waals surface area contributed by atoms with E-state index in [0.717, 1.165) is 0 Å². The lowest BCUT2D eigenvalue weighted by Crippen LogP contribution is -2.18. The molecule has 22 heavy (non-hydrogen) atoms. The molecule has 2 aromatic carbocycles. The predicted octanol–water partition coefficient (Wildman–Crippen LogP) is 4.64. The Hall–Kier alpha value is -2.25. The second kappa shape index (κ2) is 5.86. The molecule has 0 N–H and O–H groups in total. The first-order valence-electron chi connectivity index (χ1n) is 5.74. The summed E-state index contributed by atoms with van der Waals surface area (Å²) >= 11 is 0. The summed E-state index contributed by atoms with van der Waals surface area (Å²) in [4.78, 5) is 0. The van der Waals surface area contributed by atoms with Crippen LogP contribution < -0.4 is 4.74 Å². The molecule has 0 atom stereocenters. The van der Waals surface area contributed by atoms with E-state index >= 15 is 0 Å². The Balaban J connectivity index is 2.42. The Bertz CT molecular complexity index is 651. The lowest BCUT2D eigenvalue weighted by Gasteiger charge is -2.14. The molecular weight excluding hydrogens is 317 g/mol. The van der Waals surface area contributed by atoms with Crippen LogP contribution in [-0.4, -0.2) is 0 Å². The first-order valence-corrected chi connectivity index (χ1v) is 5.74. The number of benzene rings is 2. The molecule has 0 amide bonds. The van der Waals surface area contributed by atoms with Gasteiger partial charge in [-0.05, 0) is 18.2 Å². The first kappa shape index (κ1) is 16.1. The van der Waals surface area contributed by atoms with Crippen molar-refractivity contribution in [3.8, 4) is 5.75 Å². The van der Waals surface area contributed by atoms with Crippen molar-refractivity contribution in [1.29, 1.82) is 0 Å². The summed E-state index contributed by atoms with van der Waals surface area (Å²) < 4.78 is 95.9. The van der Waals surface area contributed by atoms with Crippen LogP contribution in [0.1, 0.15) is 11.1 Å². The van der Waals surface area contributed by atoms with Crippen LogP contribution in [0.15, 0.2) is 24.3 Å². The second-order valence-electron chi connectivity index (χ2n) is 4.13. The van der Waals surface area contributed by atoms with E-state index in [1.807, 2.05) is 0 Å². The highest BCUT2D eigenvalue weighted by molar-refractivity contribution is 5.32. The van der Waals surface area contributed by atoms with Gasteiger partial charge in [0.25, 0.3) is 0 Å². The third-order valence-electron chi connectivity index (χ3n) is 2.71. The van der Waals surface area contributed by atoms with Crippen LogP contribution in [0.4, 0.5) is 30.7 Å². The van der Waals surface area contributed by atoms with Crippen molar-refractivity contribution < 1.29 is 35.5 Å². The third kappa shape index (κ3) is 3.00. The largest absolute Gasteiger partial charge is 0.489 e. The maximum atomic E-state index is 13.6. The van der Waals surface area contributed by atoms with Crippen LogP contribution in [0.3, 0.4) is 0 Å². The fourth-order valence-corrected chi connectivity index (χ4v) is 1.68. The summed E-state index contributed by atoms with van der Waals surface area (Å²) in [6.45, 7) is -0.979. The third-order valence-corrected chi connectivity index (χ3v) is 2.71. The van der Waals surface area contributed by atoms with Gasteiger partial charge in [-0.25, -0.2) is 17.6 Å². The van der Waals surface area contributed by atoms with E-state index in [0.29, 0.717) is 0 Å². The highest BCUT2D eigenvalue weighted by Crippen LogP contribution is 2.37. The van der Waals surface area contributed by atoms with Crippen LogP contribution in [0, 0.1) is 29.3 Å². The lowest BCUT2D eigenvalue weighted by atomic mass is 10.1. The molecule has 8 heteroatoms. The van der Waals surface area contributed by atoms with E-state index in [4.69, 9.17) is 4.74 Å². The van der Waals surface area contributed by atoms with Crippen LogP contribution in [0.5, 0.6) is 5.75 Å². The van der Waals surface area contributed by atoms with Gasteiger partial charge in [-0.3, -0.25) is 0 Å². The minimum atomic E-state index is -5.56. The van der Waals surface area contributed by atoms with E-state index in [1.54, 1.807) is 0 Å². The maximum absolute atomic E-state index is 13.6. The zero-order valence-electron chi connectivity index (χ0n) is 10.6. The molecule has 0 saturated carbocycles. The Morgan fingerprint density at radius 2 is 1.36 bits per heavy atom. The minimum Gasteiger partial charge on any atom is -0.489 e. The fraction of sp³-hybridized carbons (Fsp3) is 0.143. The van der Waals surface area contributed by atoms with Crippen molar-refractivity contribution in [3.63, 3.8) is 0 Å².